The van der Waals surface area contributed by atoms with Crippen LogP contribution in [-0.4, -0.2) is 33.5 Å². The third kappa shape index (κ3) is 7.94. The van der Waals surface area contributed by atoms with Gasteiger partial charge in [-0.05, 0) is 46.5 Å². The van der Waals surface area contributed by atoms with Crippen LogP contribution in [0.25, 0.3) is 24.3 Å². The van der Waals surface area contributed by atoms with E-state index in [4.69, 9.17) is 18.9 Å². The summed E-state index contributed by atoms with van der Waals surface area (Å²) >= 11 is 0. The van der Waals surface area contributed by atoms with Gasteiger partial charge in [0.25, 0.3) is 0 Å². The van der Waals surface area contributed by atoms with Crippen molar-refractivity contribution in [2.45, 2.75) is 0 Å². The normalized spacial score (nSPS) is 10.6. The Bertz CT molecular complexity index is 1250. The van der Waals surface area contributed by atoms with Gasteiger partial charge in [0, 0.05) is 0 Å². The van der Waals surface area contributed by atoms with E-state index in [0.717, 1.165) is 11.1 Å². The number of methoxy groups -OCH3 is 4. The van der Waals surface area contributed by atoms with E-state index in [-0.39, 0.29) is 5.75 Å². The van der Waals surface area contributed by atoms with Crippen LogP contribution in [-0.2, 0) is 0 Å². The van der Waals surface area contributed by atoms with Crippen molar-refractivity contribution in [3.8, 4) is 28.7 Å². The van der Waals surface area contributed by atoms with Crippen molar-refractivity contribution in [1.29, 1.82) is 0 Å². The molecule has 0 aliphatic heterocycles. The number of aromatic hydroxyl groups is 1. The molecule has 0 heterocycles. The van der Waals surface area contributed by atoms with Crippen LogP contribution in [0.1, 0.15) is 22.3 Å². The molecule has 0 saturated carbocycles. The second-order valence-corrected chi connectivity index (χ2v) is 7.88. The second-order valence-electron chi connectivity index (χ2n) is 7.88. The maximum Gasteiger partial charge on any atom is 0.203 e. The molecule has 0 saturated heterocycles. The fraction of sp³-hybridized carbons (Fsp3) is 0.125. The lowest BCUT2D eigenvalue weighted by Crippen LogP contribution is -1.95. The van der Waals surface area contributed by atoms with E-state index >= 15 is 0 Å². The van der Waals surface area contributed by atoms with Crippen molar-refractivity contribution in [1.82, 2.24) is 0 Å². The molecule has 0 aromatic heterocycles. The summed E-state index contributed by atoms with van der Waals surface area (Å²) in [7, 11) is 6.23. The molecule has 0 atom stereocenters. The topological polar surface area (TPSA) is 57.2 Å². The fourth-order valence-corrected chi connectivity index (χ4v) is 3.52. The Morgan fingerprint density at radius 1 is 0.459 bits per heavy atom. The summed E-state index contributed by atoms with van der Waals surface area (Å²) in [5, 5.41) is 9.81. The summed E-state index contributed by atoms with van der Waals surface area (Å²) in [5.41, 5.74) is 4.19. The number of phenolic OH excluding ortho intramolecular Hbond substituents is 1. The largest absolute Gasteiger partial charge is 0.504 e. The van der Waals surface area contributed by atoms with Crippen LogP contribution in [0.5, 0.6) is 28.7 Å². The lowest BCUT2D eigenvalue weighted by Gasteiger charge is -2.12. The van der Waals surface area contributed by atoms with Crippen LogP contribution in [0.2, 0.25) is 0 Å². The van der Waals surface area contributed by atoms with Gasteiger partial charge in [-0.25, -0.2) is 0 Å². The Kier molecular flexibility index (Phi) is 10.2. The molecule has 0 bridgehead atoms. The van der Waals surface area contributed by atoms with Crippen molar-refractivity contribution in [3.63, 3.8) is 0 Å². The van der Waals surface area contributed by atoms with Gasteiger partial charge in [-0.3, -0.25) is 0 Å². The first kappa shape index (κ1) is 27.0. The molecule has 0 amide bonds. The number of hydrogen-bond acceptors (Lipinski definition) is 5. The molecular weight excluding hydrogens is 464 g/mol. The first-order chi connectivity index (χ1) is 18.1. The average Bonchev–Trinajstić information content (AvgIpc) is 2.95. The molecular formula is C32H32O5. The van der Waals surface area contributed by atoms with E-state index in [1.807, 2.05) is 66.7 Å². The molecule has 0 aliphatic rings. The van der Waals surface area contributed by atoms with E-state index in [1.165, 1.54) is 18.2 Å². The highest BCUT2D eigenvalue weighted by Gasteiger charge is 2.12. The van der Waals surface area contributed by atoms with Crippen LogP contribution in [0, 0.1) is 0 Å². The van der Waals surface area contributed by atoms with Gasteiger partial charge in [-0.15, -0.1) is 0 Å². The average molecular weight is 497 g/mol. The van der Waals surface area contributed by atoms with E-state index in [0.29, 0.717) is 23.0 Å². The molecule has 0 spiro atoms. The Labute approximate surface area is 218 Å². The number of benzene rings is 4. The van der Waals surface area contributed by atoms with Crippen LogP contribution in [0.15, 0.2) is 91.0 Å². The Hall–Kier alpha value is -4.64. The standard InChI is InChI=1S/C18H20O5.C14H12/c1-20-15-8-7-12(9-14(15)19)5-6-13-10-16(21-2)18(23-4)17(11-13)22-3;1-3-7-13(8-4-1)11-12-14-9-5-2-6-10-14/h5-11,19H,1-4H3;1-12H/b6-5-;12-11-. The maximum absolute atomic E-state index is 9.81. The SMILES string of the molecule is C(=C/c1ccccc1)/c1ccccc1.COc1ccc(/C=C\c2cc(OC)c(OC)c(OC)c2)cc1O. The van der Waals surface area contributed by atoms with E-state index < -0.39 is 0 Å². The predicted octanol–water partition coefficient (Wildman–Crippen LogP) is 7.45. The summed E-state index contributed by atoms with van der Waals surface area (Å²) in [6.07, 6.45) is 8.01. The quantitative estimate of drug-likeness (QED) is 0.257. The van der Waals surface area contributed by atoms with Gasteiger partial charge in [-0.1, -0.05) is 91.0 Å². The fourth-order valence-electron chi connectivity index (χ4n) is 3.52. The van der Waals surface area contributed by atoms with Crippen molar-refractivity contribution in [3.05, 3.63) is 113 Å². The van der Waals surface area contributed by atoms with E-state index in [2.05, 4.69) is 36.4 Å². The zero-order valence-corrected chi connectivity index (χ0v) is 21.5. The minimum absolute atomic E-state index is 0.0968. The van der Waals surface area contributed by atoms with Crippen molar-refractivity contribution >= 4 is 24.3 Å². The Morgan fingerprint density at radius 3 is 1.35 bits per heavy atom. The summed E-state index contributed by atoms with van der Waals surface area (Å²) in [6.45, 7) is 0. The van der Waals surface area contributed by atoms with Crippen LogP contribution >= 0.6 is 0 Å². The molecule has 0 aliphatic carbocycles. The van der Waals surface area contributed by atoms with E-state index in [9.17, 15) is 5.11 Å². The van der Waals surface area contributed by atoms with Crippen molar-refractivity contribution < 1.29 is 24.1 Å². The second kappa shape index (κ2) is 14.0. The van der Waals surface area contributed by atoms with Crippen LogP contribution in [0.4, 0.5) is 0 Å². The number of hydrogen-bond donors (Lipinski definition) is 1. The molecule has 0 radical (unpaired) electrons. The molecule has 5 nitrogen and oxygen atoms in total. The number of phenols is 1. The van der Waals surface area contributed by atoms with Gasteiger partial charge in [0.15, 0.2) is 23.0 Å². The van der Waals surface area contributed by atoms with Gasteiger partial charge >= 0.3 is 0 Å². The summed E-state index contributed by atoms with van der Waals surface area (Å²) in [4.78, 5) is 0. The van der Waals surface area contributed by atoms with Gasteiger partial charge in [-0.2, -0.15) is 0 Å². The molecule has 4 rings (SSSR count). The third-order valence-corrected chi connectivity index (χ3v) is 5.43. The minimum atomic E-state index is 0.0968. The van der Waals surface area contributed by atoms with Crippen LogP contribution in [0.3, 0.4) is 0 Å². The zero-order chi connectivity index (χ0) is 26.5. The first-order valence-electron chi connectivity index (χ1n) is 11.7. The van der Waals surface area contributed by atoms with Gasteiger partial charge < -0.3 is 24.1 Å². The lowest BCUT2D eigenvalue weighted by atomic mass is 10.1. The first-order valence-corrected chi connectivity index (χ1v) is 11.7. The summed E-state index contributed by atoms with van der Waals surface area (Å²) in [5.74, 6) is 2.26. The number of rotatable bonds is 8. The lowest BCUT2D eigenvalue weighted by molar-refractivity contribution is 0.324. The van der Waals surface area contributed by atoms with Crippen molar-refractivity contribution in [2.75, 3.05) is 28.4 Å². The highest BCUT2D eigenvalue weighted by atomic mass is 16.5. The predicted molar refractivity (Wildman–Crippen MR) is 151 cm³/mol. The molecule has 0 unspecified atom stereocenters. The summed E-state index contributed by atoms with van der Waals surface area (Å²) < 4.78 is 21.0. The molecule has 1 N–H and O–H groups in total. The molecule has 190 valence electrons. The molecule has 0 fully saturated rings. The zero-order valence-electron chi connectivity index (χ0n) is 21.5. The Balaban J connectivity index is 0.000000231. The monoisotopic (exact) mass is 496 g/mol. The third-order valence-electron chi connectivity index (χ3n) is 5.43. The van der Waals surface area contributed by atoms with Crippen LogP contribution < -0.4 is 18.9 Å². The van der Waals surface area contributed by atoms with Gasteiger partial charge in [0.1, 0.15) is 0 Å². The highest BCUT2D eigenvalue weighted by Crippen LogP contribution is 2.38. The van der Waals surface area contributed by atoms with E-state index in [1.54, 1.807) is 33.5 Å². The van der Waals surface area contributed by atoms with Gasteiger partial charge in [0.2, 0.25) is 5.75 Å². The molecule has 4 aromatic rings. The molecule has 37 heavy (non-hydrogen) atoms. The smallest absolute Gasteiger partial charge is 0.203 e. The van der Waals surface area contributed by atoms with Gasteiger partial charge in [0.05, 0.1) is 28.4 Å². The molecule has 5 heteroatoms. The molecule has 4 aromatic carbocycles. The summed E-state index contributed by atoms with van der Waals surface area (Å²) in [6, 6.07) is 29.5. The van der Waals surface area contributed by atoms with Crippen molar-refractivity contribution in [2.24, 2.45) is 0 Å². The highest BCUT2D eigenvalue weighted by molar-refractivity contribution is 5.73. The maximum atomic E-state index is 9.81. The Morgan fingerprint density at radius 2 is 0.919 bits per heavy atom. The number of ether oxygens (including phenoxy) is 4. The minimum Gasteiger partial charge on any atom is -0.504 e.